The normalized spacial score (nSPS) is 26.7. The Labute approximate surface area is 112 Å². The number of aromatic nitrogens is 3. The molecule has 1 aromatic heterocycles. The second-order valence-electron chi connectivity index (χ2n) is 5.59. The van der Waals surface area contributed by atoms with Crippen molar-refractivity contribution in [1.82, 2.24) is 20.1 Å². The van der Waals surface area contributed by atoms with Crippen molar-refractivity contribution < 1.29 is 0 Å². The third kappa shape index (κ3) is 2.49. The Kier molecular flexibility index (Phi) is 3.87. The molecule has 0 bridgehead atoms. The van der Waals surface area contributed by atoms with Crippen LogP contribution >= 0.6 is 11.8 Å². The fourth-order valence-electron chi connectivity index (χ4n) is 2.67. The number of hydrogen-bond acceptors (Lipinski definition) is 4. The summed E-state index contributed by atoms with van der Waals surface area (Å²) in [5, 5.41) is 11.4. The van der Waals surface area contributed by atoms with Gasteiger partial charge in [0.2, 0.25) is 0 Å². The van der Waals surface area contributed by atoms with Crippen molar-refractivity contribution in [3.63, 3.8) is 0 Å². The van der Waals surface area contributed by atoms with Crippen LogP contribution in [0.2, 0.25) is 0 Å². The van der Waals surface area contributed by atoms with E-state index in [0.29, 0.717) is 16.7 Å². The second kappa shape index (κ2) is 5.09. The van der Waals surface area contributed by atoms with Gasteiger partial charge in [-0.3, -0.25) is 4.57 Å². The van der Waals surface area contributed by atoms with Gasteiger partial charge in [0.15, 0.2) is 5.16 Å². The minimum atomic E-state index is -0.144. The highest BCUT2D eigenvalue weighted by molar-refractivity contribution is 7.99. The van der Waals surface area contributed by atoms with E-state index in [4.69, 9.17) is 0 Å². The molecule has 0 spiro atoms. The van der Waals surface area contributed by atoms with Gasteiger partial charge in [0.05, 0.1) is 0 Å². The molecular weight excluding hydrogens is 248 g/mol. The Balaban J connectivity index is 2.14. The zero-order valence-corrected chi connectivity index (χ0v) is 12.3. The van der Waals surface area contributed by atoms with Crippen molar-refractivity contribution >= 4 is 11.8 Å². The zero-order chi connectivity index (χ0) is 13.3. The van der Waals surface area contributed by atoms with E-state index < -0.39 is 0 Å². The SMILES string of the molecule is CCNC1C(Sc2n[nH]c(=O)n2C)CCC1(C)C. The van der Waals surface area contributed by atoms with Crippen molar-refractivity contribution in [3.8, 4) is 0 Å². The topological polar surface area (TPSA) is 62.7 Å². The summed E-state index contributed by atoms with van der Waals surface area (Å²) in [5.74, 6) is 0. The van der Waals surface area contributed by atoms with Crippen LogP contribution in [-0.4, -0.2) is 32.6 Å². The van der Waals surface area contributed by atoms with Crippen molar-refractivity contribution in [1.29, 1.82) is 0 Å². The molecule has 0 aliphatic heterocycles. The number of nitrogens with one attached hydrogen (secondary N) is 2. The van der Waals surface area contributed by atoms with Gasteiger partial charge in [-0.2, -0.15) is 0 Å². The van der Waals surface area contributed by atoms with Crippen LogP contribution in [0.5, 0.6) is 0 Å². The molecule has 0 aromatic carbocycles. The van der Waals surface area contributed by atoms with Crippen LogP contribution in [0.25, 0.3) is 0 Å². The van der Waals surface area contributed by atoms with Gasteiger partial charge in [0, 0.05) is 18.3 Å². The fraction of sp³-hybridized carbons (Fsp3) is 0.833. The minimum absolute atomic E-state index is 0.144. The summed E-state index contributed by atoms with van der Waals surface area (Å²) in [5.41, 5.74) is 0.165. The highest BCUT2D eigenvalue weighted by atomic mass is 32.2. The summed E-state index contributed by atoms with van der Waals surface area (Å²) in [6, 6.07) is 0.472. The largest absolute Gasteiger partial charge is 0.343 e. The summed E-state index contributed by atoms with van der Waals surface area (Å²) >= 11 is 1.71. The summed E-state index contributed by atoms with van der Waals surface area (Å²) in [4.78, 5) is 11.4. The highest BCUT2D eigenvalue weighted by Crippen LogP contribution is 2.44. The first-order chi connectivity index (χ1) is 8.45. The molecule has 1 aromatic rings. The van der Waals surface area contributed by atoms with Crippen molar-refractivity contribution in [3.05, 3.63) is 10.5 Å². The average Bonchev–Trinajstić information content (AvgIpc) is 2.77. The molecule has 1 saturated carbocycles. The number of thioether (sulfide) groups is 1. The van der Waals surface area contributed by atoms with E-state index in [1.165, 1.54) is 6.42 Å². The van der Waals surface area contributed by atoms with Gasteiger partial charge in [0.25, 0.3) is 0 Å². The zero-order valence-electron chi connectivity index (χ0n) is 11.5. The van der Waals surface area contributed by atoms with E-state index in [0.717, 1.165) is 18.1 Å². The number of aromatic amines is 1. The quantitative estimate of drug-likeness (QED) is 0.867. The number of H-pyrrole nitrogens is 1. The lowest BCUT2D eigenvalue weighted by atomic mass is 9.87. The molecular formula is C12H22N4OS. The van der Waals surface area contributed by atoms with E-state index in [1.54, 1.807) is 23.4 Å². The van der Waals surface area contributed by atoms with Crippen LogP contribution in [0.3, 0.4) is 0 Å². The maximum atomic E-state index is 11.4. The lowest BCUT2D eigenvalue weighted by Crippen LogP contribution is -2.43. The monoisotopic (exact) mass is 270 g/mol. The van der Waals surface area contributed by atoms with E-state index in [-0.39, 0.29) is 5.69 Å². The van der Waals surface area contributed by atoms with Crippen LogP contribution in [0.4, 0.5) is 0 Å². The molecule has 2 rings (SSSR count). The van der Waals surface area contributed by atoms with Gasteiger partial charge in [0.1, 0.15) is 0 Å². The van der Waals surface area contributed by atoms with Gasteiger partial charge < -0.3 is 5.32 Å². The Bertz CT molecular complexity index is 465. The van der Waals surface area contributed by atoms with Crippen molar-refractivity contribution in [2.75, 3.05) is 6.54 Å². The van der Waals surface area contributed by atoms with Gasteiger partial charge in [-0.15, -0.1) is 5.10 Å². The predicted octanol–water partition coefficient (Wildman–Crippen LogP) is 1.37. The van der Waals surface area contributed by atoms with Gasteiger partial charge >= 0.3 is 5.69 Å². The summed E-state index contributed by atoms with van der Waals surface area (Å²) in [7, 11) is 1.76. The van der Waals surface area contributed by atoms with Gasteiger partial charge in [-0.05, 0) is 24.8 Å². The molecule has 102 valence electrons. The molecule has 0 saturated heterocycles. The minimum Gasteiger partial charge on any atom is -0.313 e. The first-order valence-electron chi connectivity index (χ1n) is 6.47. The Hall–Kier alpha value is -0.750. The van der Waals surface area contributed by atoms with Crippen LogP contribution < -0.4 is 11.0 Å². The number of nitrogens with zero attached hydrogens (tertiary/aromatic N) is 2. The first-order valence-corrected chi connectivity index (χ1v) is 7.35. The van der Waals surface area contributed by atoms with E-state index >= 15 is 0 Å². The molecule has 1 aliphatic rings. The third-order valence-electron chi connectivity index (χ3n) is 3.81. The van der Waals surface area contributed by atoms with E-state index in [9.17, 15) is 4.79 Å². The Morgan fingerprint density at radius 3 is 2.89 bits per heavy atom. The molecule has 18 heavy (non-hydrogen) atoms. The molecule has 1 aliphatic carbocycles. The second-order valence-corrected chi connectivity index (χ2v) is 6.80. The molecule has 0 radical (unpaired) electrons. The van der Waals surface area contributed by atoms with E-state index in [1.807, 2.05) is 0 Å². The highest BCUT2D eigenvalue weighted by Gasteiger charge is 2.42. The smallest absolute Gasteiger partial charge is 0.313 e. The fourth-order valence-corrected chi connectivity index (χ4v) is 4.11. The third-order valence-corrected chi connectivity index (χ3v) is 5.19. The first kappa shape index (κ1) is 13.7. The van der Waals surface area contributed by atoms with Crippen LogP contribution in [0.1, 0.15) is 33.6 Å². The molecule has 5 nitrogen and oxygen atoms in total. The number of hydrogen-bond donors (Lipinski definition) is 2. The molecule has 2 N–H and O–H groups in total. The molecule has 1 heterocycles. The average molecular weight is 270 g/mol. The van der Waals surface area contributed by atoms with Crippen LogP contribution in [0, 0.1) is 5.41 Å². The lowest BCUT2D eigenvalue weighted by molar-refractivity contribution is 0.290. The molecule has 2 atom stereocenters. The maximum Gasteiger partial charge on any atom is 0.343 e. The Morgan fingerprint density at radius 2 is 2.33 bits per heavy atom. The van der Waals surface area contributed by atoms with Crippen molar-refractivity contribution in [2.45, 2.75) is 50.1 Å². The number of rotatable bonds is 4. The van der Waals surface area contributed by atoms with Gasteiger partial charge in [-0.25, -0.2) is 9.89 Å². The maximum absolute atomic E-state index is 11.4. The summed E-state index contributed by atoms with van der Waals surface area (Å²) < 4.78 is 1.58. The van der Waals surface area contributed by atoms with Crippen LogP contribution in [0.15, 0.2) is 9.95 Å². The van der Waals surface area contributed by atoms with E-state index in [2.05, 4.69) is 36.3 Å². The van der Waals surface area contributed by atoms with Crippen molar-refractivity contribution in [2.24, 2.45) is 12.5 Å². The molecule has 1 fully saturated rings. The standard InChI is InChI=1S/C12H22N4OS/c1-5-13-9-8(6-7-12(9,2)3)18-11-15-14-10(17)16(11)4/h8-9,13H,5-7H2,1-4H3,(H,14,17). The lowest BCUT2D eigenvalue weighted by Gasteiger charge is -2.30. The molecule has 6 heteroatoms. The molecule has 2 unspecified atom stereocenters. The Morgan fingerprint density at radius 1 is 1.61 bits per heavy atom. The summed E-state index contributed by atoms with van der Waals surface area (Å²) in [6.07, 6.45) is 2.37. The van der Waals surface area contributed by atoms with Crippen LogP contribution in [-0.2, 0) is 7.05 Å². The predicted molar refractivity (Wildman–Crippen MR) is 74.0 cm³/mol. The molecule has 0 amide bonds. The van der Waals surface area contributed by atoms with Gasteiger partial charge in [-0.1, -0.05) is 32.5 Å². The summed E-state index contributed by atoms with van der Waals surface area (Å²) in [6.45, 7) is 7.74.